The molecule has 1 aliphatic rings. The fourth-order valence-corrected chi connectivity index (χ4v) is 2.05. The topological polar surface area (TPSA) is 58.2 Å². The number of carbonyl (C=O) groups is 2. The van der Waals surface area contributed by atoms with Crippen LogP contribution >= 0.6 is 11.6 Å². The van der Waals surface area contributed by atoms with Gasteiger partial charge in [0.2, 0.25) is 5.91 Å². The van der Waals surface area contributed by atoms with Crippen molar-refractivity contribution >= 4 is 23.4 Å². The number of amides is 2. The Balaban J connectivity index is 1.92. The predicted molar refractivity (Wildman–Crippen MR) is 69.5 cm³/mol. The van der Waals surface area contributed by atoms with Crippen molar-refractivity contribution in [2.24, 2.45) is 0 Å². The Hall–Kier alpha value is -1.55. The van der Waals surface area contributed by atoms with Gasteiger partial charge in [0.25, 0.3) is 5.91 Å². The van der Waals surface area contributed by atoms with Gasteiger partial charge in [0.15, 0.2) is 0 Å². The average molecular weight is 267 g/mol. The molecule has 0 aliphatic carbocycles. The highest BCUT2D eigenvalue weighted by atomic mass is 35.5. The third-order valence-electron chi connectivity index (χ3n) is 2.97. The third-order valence-corrected chi connectivity index (χ3v) is 3.28. The van der Waals surface area contributed by atoms with Crippen LogP contribution in [0.15, 0.2) is 24.3 Å². The minimum atomic E-state index is -0.114. The molecular formula is C13H15ClN2O2. The number of carbonyl (C=O) groups excluding carboxylic acids is 2. The van der Waals surface area contributed by atoms with Crippen molar-refractivity contribution < 1.29 is 9.59 Å². The van der Waals surface area contributed by atoms with Gasteiger partial charge in [0, 0.05) is 30.5 Å². The number of nitrogens with one attached hydrogen (secondary N) is 2. The smallest absolute Gasteiger partial charge is 0.251 e. The summed E-state index contributed by atoms with van der Waals surface area (Å²) in [4.78, 5) is 22.9. The zero-order chi connectivity index (χ0) is 13.0. The fourth-order valence-electron chi connectivity index (χ4n) is 1.87. The summed E-state index contributed by atoms with van der Waals surface area (Å²) in [5.74, 6) is 0.376. The Bertz CT molecular complexity index is 435. The van der Waals surface area contributed by atoms with Crippen LogP contribution in [0.2, 0.25) is 0 Å². The molecule has 0 saturated carbocycles. The van der Waals surface area contributed by atoms with E-state index in [9.17, 15) is 9.59 Å². The van der Waals surface area contributed by atoms with E-state index >= 15 is 0 Å². The molecule has 96 valence electrons. The Morgan fingerprint density at radius 1 is 1.39 bits per heavy atom. The molecule has 0 aromatic heterocycles. The second kappa shape index (κ2) is 5.87. The monoisotopic (exact) mass is 266 g/mol. The molecule has 2 rings (SSSR count). The van der Waals surface area contributed by atoms with Gasteiger partial charge in [0.1, 0.15) is 0 Å². The molecule has 1 heterocycles. The van der Waals surface area contributed by atoms with Crippen LogP contribution in [0.5, 0.6) is 0 Å². The van der Waals surface area contributed by atoms with Crippen molar-refractivity contribution in [1.82, 2.24) is 10.6 Å². The number of alkyl halides is 1. The van der Waals surface area contributed by atoms with E-state index in [0.29, 0.717) is 30.8 Å². The normalized spacial score (nSPS) is 19.2. The summed E-state index contributed by atoms with van der Waals surface area (Å²) in [5.41, 5.74) is 1.60. The second-order valence-corrected chi connectivity index (χ2v) is 4.61. The summed E-state index contributed by atoms with van der Waals surface area (Å²) >= 11 is 5.69. The van der Waals surface area contributed by atoms with Crippen LogP contribution in [0, 0.1) is 0 Å². The standard InChI is InChI=1S/C13H15ClN2O2/c14-7-9-1-3-10(4-2-9)13(18)16-11-5-6-12(17)15-8-11/h1-4,11H,5-8H2,(H,15,17)(H,16,18). The summed E-state index contributed by atoms with van der Waals surface area (Å²) in [6.45, 7) is 0.504. The minimum absolute atomic E-state index is 0.0166. The van der Waals surface area contributed by atoms with E-state index in [2.05, 4.69) is 10.6 Å². The lowest BCUT2D eigenvalue weighted by atomic mass is 10.1. The molecule has 0 bridgehead atoms. The number of hydrogen-bond donors (Lipinski definition) is 2. The largest absolute Gasteiger partial charge is 0.354 e. The molecule has 2 amide bonds. The van der Waals surface area contributed by atoms with E-state index in [1.807, 2.05) is 12.1 Å². The first-order valence-electron chi connectivity index (χ1n) is 5.91. The van der Waals surface area contributed by atoms with E-state index in [1.165, 1.54) is 0 Å². The third kappa shape index (κ3) is 3.23. The molecule has 4 nitrogen and oxygen atoms in total. The molecule has 1 aromatic carbocycles. The van der Waals surface area contributed by atoms with Gasteiger partial charge in [-0.3, -0.25) is 9.59 Å². The maximum absolute atomic E-state index is 11.9. The summed E-state index contributed by atoms with van der Waals surface area (Å²) in [5, 5.41) is 5.64. The second-order valence-electron chi connectivity index (χ2n) is 4.34. The van der Waals surface area contributed by atoms with Crippen LogP contribution in [-0.4, -0.2) is 24.4 Å². The fraction of sp³-hybridized carbons (Fsp3) is 0.385. The van der Waals surface area contributed by atoms with E-state index in [0.717, 1.165) is 5.56 Å². The van der Waals surface area contributed by atoms with Crippen LogP contribution in [0.4, 0.5) is 0 Å². The van der Waals surface area contributed by atoms with Crippen LogP contribution in [0.3, 0.4) is 0 Å². The van der Waals surface area contributed by atoms with E-state index in [4.69, 9.17) is 11.6 Å². The van der Waals surface area contributed by atoms with Crippen LogP contribution < -0.4 is 10.6 Å². The molecule has 0 radical (unpaired) electrons. The van der Waals surface area contributed by atoms with Crippen molar-refractivity contribution in [2.75, 3.05) is 6.54 Å². The highest BCUT2D eigenvalue weighted by Gasteiger charge is 2.19. The molecule has 1 aliphatic heterocycles. The quantitative estimate of drug-likeness (QED) is 0.814. The number of rotatable bonds is 3. The minimum Gasteiger partial charge on any atom is -0.354 e. The lowest BCUT2D eigenvalue weighted by Gasteiger charge is -2.23. The first-order chi connectivity index (χ1) is 8.69. The SMILES string of the molecule is O=C1CCC(NC(=O)c2ccc(CCl)cc2)CN1. The number of halogens is 1. The maximum atomic E-state index is 11.9. The van der Waals surface area contributed by atoms with E-state index in [1.54, 1.807) is 12.1 Å². The summed E-state index contributed by atoms with van der Waals surface area (Å²) < 4.78 is 0. The van der Waals surface area contributed by atoms with Crippen molar-refractivity contribution in [1.29, 1.82) is 0 Å². The van der Waals surface area contributed by atoms with Crippen molar-refractivity contribution in [3.63, 3.8) is 0 Å². The molecule has 1 unspecified atom stereocenters. The molecule has 1 aromatic rings. The average Bonchev–Trinajstić information content (AvgIpc) is 2.41. The molecule has 1 atom stereocenters. The first kappa shape index (κ1) is 12.9. The van der Waals surface area contributed by atoms with Gasteiger partial charge in [-0.25, -0.2) is 0 Å². The zero-order valence-electron chi connectivity index (χ0n) is 9.91. The van der Waals surface area contributed by atoms with Crippen LogP contribution in [0.25, 0.3) is 0 Å². The number of piperidine rings is 1. The highest BCUT2D eigenvalue weighted by Crippen LogP contribution is 2.08. The van der Waals surface area contributed by atoms with Gasteiger partial charge in [-0.1, -0.05) is 12.1 Å². The lowest BCUT2D eigenvalue weighted by Crippen LogP contribution is -2.47. The Labute approximate surface area is 111 Å². The molecular weight excluding hydrogens is 252 g/mol. The van der Waals surface area contributed by atoms with Gasteiger partial charge in [-0.05, 0) is 24.1 Å². The van der Waals surface area contributed by atoms with Crippen molar-refractivity contribution in [3.05, 3.63) is 35.4 Å². The maximum Gasteiger partial charge on any atom is 0.251 e. The Morgan fingerprint density at radius 2 is 2.11 bits per heavy atom. The van der Waals surface area contributed by atoms with Gasteiger partial charge >= 0.3 is 0 Å². The summed E-state index contributed by atoms with van der Waals surface area (Å²) in [6, 6.07) is 7.21. The molecule has 1 saturated heterocycles. The predicted octanol–water partition coefficient (Wildman–Crippen LogP) is 1.43. The van der Waals surface area contributed by atoms with Gasteiger partial charge in [0.05, 0.1) is 0 Å². The highest BCUT2D eigenvalue weighted by molar-refractivity contribution is 6.17. The zero-order valence-corrected chi connectivity index (χ0v) is 10.7. The van der Waals surface area contributed by atoms with E-state index in [-0.39, 0.29) is 17.9 Å². The van der Waals surface area contributed by atoms with Crippen LogP contribution in [-0.2, 0) is 10.7 Å². The molecule has 18 heavy (non-hydrogen) atoms. The van der Waals surface area contributed by atoms with Gasteiger partial charge < -0.3 is 10.6 Å². The number of hydrogen-bond acceptors (Lipinski definition) is 2. The molecule has 2 N–H and O–H groups in total. The Morgan fingerprint density at radius 3 is 2.67 bits per heavy atom. The Kier molecular flexibility index (Phi) is 4.20. The van der Waals surface area contributed by atoms with Gasteiger partial charge in [-0.15, -0.1) is 11.6 Å². The molecule has 5 heteroatoms. The van der Waals surface area contributed by atoms with Gasteiger partial charge in [-0.2, -0.15) is 0 Å². The van der Waals surface area contributed by atoms with Crippen molar-refractivity contribution in [3.8, 4) is 0 Å². The van der Waals surface area contributed by atoms with Crippen molar-refractivity contribution in [2.45, 2.75) is 24.8 Å². The van der Waals surface area contributed by atoms with Crippen LogP contribution in [0.1, 0.15) is 28.8 Å². The first-order valence-corrected chi connectivity index (χ1v) is 6.45. The summed E-state index contributed by atoms with van der Waals surface area (Å²) in [6.07, 6.45) is 1.16. The summed E-state index contributed by atoms with van der Waals surface area (Å²) in [7, 11) is 0. The molecule has 0 spiro atoms. The lowest BCUT2D eigenvalue weighted by molar-refractivity contribution is -0.122. The molecule has 1 fully saturated rings. The number of benzene rings is 1. The van der Waals surface area contributed by atoms with E-state index < -0.39 is 0 Å².